The Hall–Kier alpha value is -2.07. The minimum atomic E-state index is -0.250. The molecule has 0 aromatic carbocycles. The molecule has 1 aromatic heterocycles. The predicted octanol–water partition coefficient (Wildman–Crippen LogP) is 0.524. The van der Waals surface area contributed by atoms with Gasteiger partial charge in [-0.05, 0) is 39.6 Å². The van der Waals surface area contributed by atoms with Crippen molar-refractivity contribution in [3.8, 4) is 0 Å². The van der Waals surface area contributed by atoms with E-state index in [9.17, 15) is 9.59 Å². The minimum Gasteiger partial charge on any atom is -0.483 e. The second-order valence-electron chi connectivity index (χ2n) is 7.12. The number of piperidine rings is 1. The van der Waals surface area contributed by atoms with Gasteiger partial charge in [0.15, 0.2) is 5.69 Å². The van der Waals surface area contributed by atoms with Crippen LogP contribution in [-0.2, 0) is 22.6 Å². The maximum atomic E-state index is 12.9. The molecule has 1 saturated heterocycles. The van der Waals surface area contributed by atoms with Crippen molar-refractivity contribution in [1.29, 1.82) is 0 Å². The minimum absolute atomic E-state index is 0.0265. The Bertz CT molecular complexity index is 686. The van der Waals surface area contributed by atoms with Crippen molar-refractivity contribution in [2.75, 3.05) is 45.7 Å². The van der Waals surface area contributed by atoms with Crippen molar-refractivity contribution < 1.29 is 19.5 Å². The molecular weight excluding hydrogens is 382 g/mol. The Morgan fingerprint density at radius 1 is 1.29 bits per heavy atom. The number of hydrogen-bond donors (Lipinski definition) is 2. The van der Waals surface area contributed by atoms with E-state index in [0.29, 0.717) is 37.0 Å². The van der Waals surface area contributed by atoms with Crippen LogP contribution in [0.3, 0.4) is 0 Å². The van der Waals surface area contributed by atoms with Gasteiger partial charge in [0.2, 0.25) is 5.91 Å². The number of carbonyl (C=O) groups excluding carboxylic acids is 2. The van der Waals surface area contributed by atoms with E-state index in [1.165, 1.54) is 11.8 Å². The molecule has 0 radical (unpaired) electrons. The first-order chi connectivity index (χ1) is 13.4. The Labute approximate surface area is 169 Å². The molecule has 2 N–H and O–H groups in total. The third-order valence-electron chi connectivity index (χ3n) is 5.24. The quantitative estimate of drug-likeness (QED) is 0.695. The number of hydrogen-bond acceptors (Lipinski definition) is 6. The summed E-state index contributed by atoms with van der Waals surface area (Å²) in [6.07, 6.45) is 4.63. The van der Waals surface area contributed by atoms with Crippen LogP contribution in [0.1, 0.15) is 34.6 Å². The number of carbonyl (C=O) groups is 3. The second-order valence-corrected chi connectivity index (χ2v) is 7.99. The van der Waals surface area contributed by atoms with Gasteiger partial charge in [-0.15, -0.1) is 0 Å². The van der Waals surface area contributed by atoms with Gasteiger partial charge in [0.05, 0.1) is 18.0 Å². The van der Waals surface area contributed by atoms with E-state index in [4.69, 9.17) is 9.90 Å². The molecule has 2 aliphatic rings. The summed E-state index contributed by atoms with van der Waals surface area (Å²) in [5.74, 6) is 0.667. The van der Waals surface area contributed by atoms with E-state index in [1.807, 2.05) is 16.1 Å². The monoisotopic (exact) mass is 411 g/mol. The molecule has 3 heterocycles. The van der Waals surface area contributed by atoms with Gasteiger partial charge in [0, 0.05) is 31.2 Å². The van der Waals surface area contributed by atoms with Gasteiger partial charge >= 0.3 is 0 Å². The van der Waals surface area contributed by atoms with Gasteiger partial charge in [-0.1, -0.05) is 0 Å². The molecule has 28 heavy (non-hydrogen) atoms. The molecule has 0 aliphatic carbocycles. The number of fused-ring (bicyclic) bond motifs is 1. The summed E-state index contributed by atoms with van der Waals surface area (Å²) < 4.78 is 0. The van der Waals surface area contributed by atoms with Crippen molar-refractivity contribution in [2.24, 2.45) is 0 Å². The first-order valence-corrected chi connectivity index (χ1v) is 10.7. The van der Waals surface area contributed by atoms with E-state index >= 15 is 0 Å². The van der Waals surface area contributed by atoms with E-state index in [2.05, 4.69) is 29.2 Å². The molecule has 0 saturated carbocycles. The van der Waals surface area contributed by atoms with Crippen molar-refractivity contribution in [1.82, 2.24) is 24.9 Å². The van der Waals surface area contributed by atoms with Gasteiger partial charge in [0.25, 0.3) is 12.4 Å². The normalized spacial score (nSPS) is 17.0. The first kappa shape index (κ1) is 22.2. The summed E-state index contributed by atoms with van der Waals surface area (Å²) >= 11 is 1.53. The van der Waals surface area contributed by atoms with Crippen LogP contribution < -0.4 is 0 Å². The zero-order chi connectivity index (χ0) is 20.7. The summed E-state index contributed by atoms with van der Waals surface area (Å²) in [4.78, 5) is 39.3. The molecule has 9 nitrogen and oxygen atoms in total. The SMILES string of the molecule is CSCC(=O)N1CCc2c(C(=O)N3CCC(N(C)C)CC3)n[nH]c2C1.O=CO. The molecular formula is C18H29N5O4S. The summed E-state index contributed by atoms with van der Waals surface area (Å²) in [6.45, 7) is 2.50. The number of rotatable bonds is 4. The molecule has 2 aliphatic heterocycles. The van der Waals surface area contributed by atoms with Crippen LogP contribution in [0.2, 0.25) is 0 Å². The Morgan fingerprint density at radius 3 is 2.50 bits per heavy atom. The number of nitrogens with zero attached hydrogens (tertiary/aromatic N) is 4. The van der Waals surface area contributed by atoms with Crippen LogP contribution in [-0.4, -0.2) is 100 Å². The average molecular weight is 412 g/mol. The lowest BCUT2D eigenvalue weighted by atomic mass is 10.0. The molecule has 1 fully saturated rings. The van der Waals surface area contributed by atoms with Gasteiger partial charge < -0.3 is 19.8 Å². The van der Waals surface area contributed by atoms with Crippen LogP contribution >= 0.6 is 11.8 Å². The molecule has 1 aromatic rings. The van der Waals surface area contributed by atoms with Crippen molar-refractivity contribution in [3.05, 3.63) is 17.0 Å². The Balaban J connectivity index is 0.000000878. The highest BCUT2D eigenvalue weighted by molar-refractivity contribution is 7.99. The highest BCUT2D eigenvalue weighted by Crippen LogP contribution is 2.23. The van der Waals surface area contributed by atoms with Gasteiger partial charge in [-0.2, -0.15) is 16.9 Å². The first-order valence-electron chi connectivity index (χ1n) is 9.29. The van der Waals surface area contributed by atoms with Crippen LogP contribution in [0.15, 0.2) is 0 Å². The van der Waals surface area contributed by atoms with Gasteiger partial charge in [0.1, 0.15) is 0 Å². The fourth-order valence-electron chi connectivity index (χ4n) is 3.66. The van der Waals surface area contributed by atoms with Crippen molar-refractivity contribution >= 4 is 30.0 Å². The number of H-pyrrole nitrogens is 1. The number of thioether (sulfide) groups is 1. The molecule has 3 rings (SSSR count). The topological polar surface area (TPSA) is 110 Å². The number of carboxylic acid groups (broad SMARTS) is 1. The number of aromatic amines is 1. The molecule has 0 spiro atoms. The van der Waals surface area contributed by atoms with E-state index in [-0.39, 0.29) is 18.3 Å². The summed E-state index contributed by atoms with van der Waals surface area (Å²) in [5.41, 5.74) is 2.45. The van der Waals surface area contributed by atoms with Crippen molar-refractivity contribution in [3.63, 3.8) is 0 Å². The smallest absolute Gasteiger partial charge is 0.290 e. The van der Waals surface area contributed by atoms with Gasteiger partial charge in [-0.3, -0.25) is 19.5 Å². The lowest BCUT2D eigenvalue weighted by Gasteiger charge is -2.35. The lowest BCUT2D eigenvalue weighted by Crippen LogP contribution is -2.45. The largest absolute Gasteiger partial charge is 0.483 e. The average Bonchev–Trinajstić information content (AvgIpc) is 3.11. The van der Waals surface area contributed by atoms with E-state index in [0.717, 1.165) is 37.2 Å². The van der Waals surface area contributed by atoms with Crippen LogP contribution in [0.5, 0.6) is 0 Å². The number of nitrogens with one attached hydrogen (secondary N) is 1. The fraction of sp³-hybridized carbons (Fsp3) is 0.667. The third kappa shape index (κ3) is 5.26. The number of amides is 2. The number of aromatic nitrogens is 2. The predicted molar refractivity (Wildman–Crippen MR) is 107 cm³/mol. The fourth-order valence-corrected chi connectivity index (χ4v) is 4.09. The second kappa shape index (κ2) is 10.5. The highest BCUT2D eigenvalue weighted by atomic mass is 32.2. The zero-order valence-corrected chi connectivity index (χ0v) is 17.5. The van der Waals surface area contributed by atoms with Crippen molar-refractivity contribution in [2.45, 2.75) is 31.8 Å². The Kier molecular flexibility index (Phi) is 8.31. The molecule has 156 valence electrons. The van der Waals surface area contributed by atoms with Crippen LogP contribution in [0, 0.1) is 0 Å². The lowest BCUT2D eigenvalue weighted by molar-refractivity contribution is -0.129. The summed E-state index contributed by atoms with van der Waals surface area (Å²) in [6, 6.07) is 0.549. The molecule has 10 heteroatoms. The molecule has 0 bridgehead atoms. The van der Waals surface area contributed by atoms with Gasteiger partial charge in [-0.25, -0.2) is 0 Å². The highest BCUT2D eigenvalue weighted by Gasteiger charge is 2.31. The molecule has 0 atom stereocenters. The maximum Gasteiger partial charge on any atom is 0.290 e. The third-order valence-corrected chi connectivity index (χ3v) is 5.77. The number of likely N-dealkylation sites (tertiary alicyclic amines) is 1. The molecule has 0 unspecified atom stereocenters. The molecule has 2 amide bonds. The van der Waals surface area contributed by atoms with E-state index < -0.39 is 0 Å². The Morgan fingerprint density at radius 2 is 1.93 bits per heavy atom. The zero-order valence-electron chi connectivity index (χ0n) is 16.7. The van der Waals surface area contributed by atoms with Crippen LogP contribution in [0.25, 0.3) is 0 Å². The van der Waals surface area contributed by atoms with Crippen LogP contribution in [0.4, 0.5) is 0 Å². The summed E-state index contributed by atoms with van der Waals surface area (Å²) in [5, 5.41) is 14.2. The summed E-state index contributed by atoms with van der Waals surface area (Å²) in [7, 11) is 4.19. The standard InChI is InChI=1S/C17H27N5O2S.CH2O2/c1-20(2)12-4-7-21(8-5-12)17(24)16-13-6-9-22(15(23)11-25-3)10-14(13)18-19-16;2-1-3/h12H,4-11H2,1-3H3,(H,18,19);1H,(H,2,3). The maximum absolute atomic E-state index is 12.9. The van der Waals surface area contributed by atoms with E-state index in [1.54, 1.807) is 0 Å².